The van der Waals surface area contributed by atoms with Crippen LogP contribution in [0.4, 0.5) is 0 Å². The van der Waals surface area contributed by atoms with E-state index < -0.39 is 6.10 Å². The van der Waals surface area contributed by atoms with Gasteiger partial charge >= 0.3 is 0 Å². The summed E-state index contributed by atoms with van der Waals surface area (Å²) in [6, 6.07) is 7.38. The Bertz CT molecular complexity index is 391. The lowest BCUT2D eigenvalue weighted by atomic mass is 10.1. The molecule has 0 radical (unpaired) electrons. The van der Waals surface area contributed by atoms with Crippen LogP contribution < -0.4 is 10.1 Å². The van der Waals surface area contributed by atoms with Gasteiger partial charge in [-0.25, -0.2) is 0 Å². The van der Waals surface area contributed by atoms with Crippen molar-refractivity contribution >= 4 is 5.91 Å². The highest BCUT2D eigenvalue weighted by Crippen LogP contribution is 2.14. The molecule has 0 spiro atoms. The first-order valence-electron chi connectivity index (χ1n) is 6.80. The smallest absolute Gasteiger partial charge is 0.260 e. The van der Waals surface area contributed by atoms with E-state index in [1.165, 1.54) is 0 Å². The van der Waals surface area contributed by atoms with Crippen molar-refractivity contribution in [2.75, 3.05) is 26.9 Å². The molecule has 0 saturated heterocycles. The lowest BCUT2D eigenvalue weighted by molar-refractivity contribution is -0.127. The topological polar surface area (TPSA) is 67.8 Å². The predicted octanol–water partition coefficient (Wildman–Crippen LogP) is 1.14. The maximum Gasteiger partial charge on any atom is 0.260 e. The second kappa shape index (κ2) is 9.34. The zero-order valence-corrected chi connectivity index (χ0v) is 12.1. The van der Waals surface area contributed by atoms with Gasteiger partial charge in [-0.05, 0) is 37.5 Å². The number of nitrogens with one attached hydrogen (secondary N) is 1. The molecule has 1 aromatic carbocycles. The fourth-order valence-corrected chi connectivity index (χ4v) is 1.69. The number of rotatable bonds is 9. The minimum absolute atomic E-state index is 0.125. The van der Waals surface area contributed by atoms with Crippen molar-refractivity contribution in [2.24, 2.45) is 0 Å². The molecule has 1 atom stereocenters. The lowest BCUT2D eigenvalue weighted by Gasteiger charge is -2.15. The van der Waals surface area contributed by atoms with Crippen molar-refractivity contribution in [3.05, 3.63) is 29.8 Å². The van der Waals surface area contributed by atoms with Crippen LogP contribution in [-0.2, 0) is 16.0 Å². The Morgan fingerprint density at radius 3 is 2.65 bits per heavy atom. The van der Waals surface area contributed by atoms with E-state index in [2.05, 4.69) is 5.32 Å². The van der Waals surface area contributed by atoms with Crippen LogP contribution in [-0.4, -0.2) is 44.0 Å². The molecule has 0 fully saturated rings. The number of carbonyl (C=O) groups excluding carboxylic acids is 1. The molecule has 0 heterocycles. The highest BCUT2D eigenvalue weighted by Gasteiger charge is 2.13. The second-order valence-corrected chi connectivity index (χ2v) is 4.52. The van der Waals surface area contributed by atoms with Crippen molar-refractivity contribution in [1.82, 2.24) is 5.32 Å². The van der Waals surface area contributed by atoms with Crippen LogP contribution in [0.25, 0.3) is 0 Å². The van der Waals surface area contributed by atoms with Crippen LogP contribution in [0.3, 0.4) is 0 Å². The van der Waals surface area contributed by atoms with Gasteiger partial charge in [0.25, 0.3) is 5.91 Å². The molecular formula is C15H23NO4. The van der Waals surface area contributed by atoms with E-state index in [-0.39, 0.29) is 12.5 Å². The van der Waals surface area contributed by atoms with Crippen molar-refractivity contribution in [3.63, 3.8) is 0 Å². The first-order chi connectivity index (χ1) is 9.67. The normalized spacial score (nSPS) is 11.9. The molecule has 0 saturated carbocycles. The van der Waals surface area contributed by atoms with Gasteiger partial charge in [0.2, 0.25) is 0 Å². The number of aliphatic hydroxyl groups is 1. The summed E-state index contributed by atoms with van der Waals surface area (Å²) in [6.07, 6.45) is 0.863. The van der Waals surface area contributed by atoms with E-state index in [0.717, 1.165) is 12.0 Å². The van der Waals surface area contributed by atoms with E-state index >= 15 is 0 Å². The minimum Gasteiger partial charge on any atom is -0.481 e. The Balaban J connectivity index is 2.36. The molecule has 20 heavy (non-hydrogen) atoms. The number of methoxy groups -OCH3 is 1. The molecule has 1 rings (SSSR count). The maximum atomic E-state index is 11.8. The number of aliphatic hydroxyl groups excluding tert-OH is 1. The van der Waals surface area contributed by atoms with Gasteiger partial charge < -0.3 is 19.9 Å². The summed E-state index contributed by atoms with van der Waals surface area (Å²) in [5, 5.41) is 11.6. The summed E-state index contributed by atoms with van der Waals surface area (Å²) in [7, 11) is 1.63. The van der Waals surface area contributed by atoms with Crippen LogP contribution in [0.1, 0.15) is 18.9 Å². The summed E-state index contributed by atoms with van der Waals surface area (Å²) in [6.45, 7) is 3.05. The molecule has 5 heteroatoms. The molecule has 1 unspecified atom stereocenters. The minimum atomic E-state index is -0.541. The monoisotopic (exact) mass is 281 g/mol. The lowest BCUT2D eigenvalue weighted by Crippen LogP contribution is -2.37. The Morgan fingerprint density at radius 2 is 2.05 bits per heavy atom. The highest BCUT2D eigenvalue weighted by atomic mass is 16.5. The average molecular weight is 281 g/mol. The van der Waals surface area contributed by atoms with Gasteiger partial charge in [0.05, 0.1) is 0 Å². The van der Waals surface area contributed by atoms with Crippen LogP contribution in [0.15, 0.2) is 24.3 Å². The predicted molar refractivity (Wildman–Crippen MR) is 76.8 cm³/mol. The van der Waals surface area contributed by atoms with E-state index in [0.29, 0.717) is 25.3 Å². The molecule has 5 nitrogen and oxygen atoms in total. The van der Waals surface area contributed by atoms with Crippen LogP contribution in [0.2, 0.25) is 0 Å². The summed E-state index contributed by atoms with van der Waals surface area (Å²) < 4.78 is 10.5. The fourth-order valence-electron chi connectivity index (χ4n) is 1.69. The molecule has 0 aliphatic heterocycles. The van der Waals surface area contributed by atoms with E-state index in [4.69, 9.17) is 14.6 Å². The summed E-state index contributed by atoms with van der Waals surface area (Å²) in [4.78, 5) is 11.8. The molecule has 0 aliphatic carbocycles. The Kier molecular flexibility index (Phi) is 7.69. The molecule has 0 aromatic heterocycles. The Morgan fingerprint density at radius 1 is 1.35 bits per heavy atom. The van der Waals surface area contributed by atoms with Crippen molar-refractivity contribution in [2.45, 2.75) is 25.9 Å². The van der Waals surface area contributed by atoms with Crippen LogP contribution in [0.5, 0.6) is 5.75 Å². The molecule has 2 N–H and O–H groups in total. The summed E-state index contributed by atoms with van der Waals surface area (Å²) >= 11 is 0. The standard InChI is InChI=1S/C15H23NO4/c1-12(15(18)16-9-3-11-19-2)20-14-6-4-13(5-7-14)8-10-17/h4-7,12,17H,3,8-11H2,1-2H3,(H,16,18). The van der Waals surface area contributed by atoms with Gasteiger partial charge in [-0.1, -0.05) is 12.1 Å². The molecule has 1 aromatic rings. The SMILES string of the molecule is COCCCNC(=O)C(C)Oc1ccc(CCO)cc1. The van der Waals surface area contributed by atoms with Crippen LogP contribution in [0, 0.1) is 0 Å². The largest absolute Gasteiger partial charge is 0.481 e. The molecule has 112 valence electrons. The molecule has 1 amide bonds. The molecular weight excluding hydrogens is 258 g/mol. The summed E-state index contributed by atoms with van der Waals surface area (Å²) in [5.41, 5.74) is 1.04. The van der Waals surface area contributed by atoms with Gasteiger partial charge in [-0.15, -0.1) is 0 Å². The number of amides is 1. The number of ether oxygens (including phenoxy) is 2. The van der Waals surface area contributed by atoms with Crippen molar-refractivity contribution < 1.29 is 19.4 Å². The molecule has 0 bridgehead atoms. The van der Waals surface area contributed by atoms with Crippen molar-refractivity contribution in [1.29, 1.82) is 0 Å². The second-order valence-electron chi connectivity index (χ2n) is 4.52. The summed E-state index contributed by atoms with van der Waals surface area (Å²) in [5.74, 6) is 0.506. The van der Waals surface area contributed by atoms with Crippen molar-refractivity contribution in [3.8, 4) is 5.75 Å². The van der Waals surface area contributed by atoms with Gasteiger partial charge in [0.15, 0.2) is 6.10 Å². The Hall–Kier alpha value is -1.59. The van der Waals surface area contributed by atoms with Gasteiger partial charge in [0, 0.05) is 26.9 Å². The number of hydrogen-bond donors (Lipinski definition) is 2. The van der Waals surface area contributed by atoms with Gasteiger partial charge in [-0.2, -0.15) is 0 Å². The van der Waals surface area contributed by atoms with E-state index in [9.17, 15) is 4.79 Å². The number of benzene rings is 1. The third-order valence-electron chi connectivity index (χ3n) is 2.83. The zero-order chi connectivity index (χ0) is 14.8. The number of carbonyl (C=O) groups is 1. The van der Waals surface area contributed by atoms with Gasteiger partial charge in [-0.3, -0.25) is 4.79 Å². The highest BCUT2D eigenvalue weighted by molar-refractivity contribution is 5.80. The zero-order valence-electron chi connectivity index (χ0n) is 12.1. The van der Waals surface area contributed by atoms with E-state index in [1.54, 1.807) is 26.2 Å². The average Bonchev–Trinajstić information content (AvgIpc) is 2.45. The fraction of sp³-hybridized carbons (Fsp3) is 0.533. The van der Waals surface area contributed by atoms with E-state index in [1.807, 2.05) is 12.1 Å². The first kappa shape index (κ1) is 16.5. The maximum absolute atomic E-state index is 11.8. The third kappa shape index (κ3) is 6.04. The Labute approximate surface area is 119 Å². The number of hydrogen-bond acceptors (Lipinski definition) is 4. The molecule has 0 aliphatic rings. The third-order valence-corrected chi connectivity index (χ3v) is 2.83. The quantitative estimate of drug-likeness (QED) is 0.666. The van der Waals surface area contributed by atoms with Gasteiger partial charge in [0.1, 0.15) is 5.75 Å². The first-order valence-corrected chi connectivity index (χ1v) is 6.80. The van der Waals surface area contributed by atoms with Crippen LogP contribution >= 0.6 is 0 Å².